The maximum Gasteiger partial charge on any atom is 0.120 e. The van der Waals surface area contributed by atoms with Gasteiger partial charge in [-0.3, -0.25) is 0 Å². The van der Waals surface area contributed by atoms with Crippen LogP contribution < -0.4 is 10.6 Å². The fraction of sp³-hybridized carbons (Fsp3) is 0.400. The predicted molar refractivity (Wildman–Crippen MR) is 55.3 cm³/mol. The number of anilines is 1. The molecule has 0 saturated carbocycles. The molecule has 0 aliphatic heterocycles. The zero-order valence-electron chi connectivity index (χ0n) is 8.09. The van der Waals surface area contributed by atoms with Crippen molar-refractivity contribution in [3.8, 4) is 5.75 Å². The van der Waals surface area contributed by atoms with Gasteiger partial charge in [0.05, 0.1) is 0 Å². The minimum atomic E-state index is 0.342. The first kappa shape index (κ1) is 9.86. The lowest BCUT2D eigenvalue weighted by Gasteiger charge is -2.07. The fourth-order valence-corrected chi connectivity index (χ4v) is 1.05. The molecule has 1 rings (SSSR count). The lowest BCUT2D eigenvalue weighted by molar-refractivity contribution is 0.471. The zero-order valence-corrected chi connectivity index (χ0v) is 8.09. The molecule has 3 nitrogen and oxygen atoms in total. The van der Waals surface area contributed by atoms with Crippen LogP contribution in [0.5, 0.6) is 5.75 Å². The van der Waals surface area contributed by atoms with Crippen molar-refractivity contribution in [1.82, 2.24) is 5.32 Å². The highest BCUT2D eigenvalue weighted by Crippen LogP contribution is 2.20. The molecule has 0 saturated heterocycles. The van der Waals surface area contributed by atoms with Gasteiger partial charge >= 0.3 is 0 Å². The van der Waals surface area contributed by atoms with Gasteiger partial charge in [-0.15, -0.1) is 0 Å². The van der Waals surface area contributed by atoms with E-state index in [1.165, 1.54) is 0 Å². The highest BCUT2D eigenvalue weighted by atomic mass is 16.3. The number of phenolic OH excluding ortho intramolecular Hbond substituents is 1. The Hall–Kier alpha value is -1.22. The molecule has 3 N–H and O–H groups in total. The SMILES string of the molecule is CNCCNc1ccc(C)c(O)c1. The summed E-state index contributed by atoms with van der Waals surface area (Å²) in [5.74, 6) is 0.342. The monoisotopic (exact) mass is 180 g/mol. The van der Waals surface area contributed by atoms with Crippen LogP contribution in [0.2, 0.25) is 0 Å². The smallest absolute Gasteiger partial charge is 0.120 e. The van der Waals surface area contributed by atoms with Crippen molar-refractivity contribution < 1.29 is 5.11 Å². The molecule has 13 heavy (non-hydrogen) atoms. The number of benzene rings is 1. The Labute approximate surface area is 78.8 Å². The highest BCUT2D eigenvalue weighted by molar-refractivity contribution is 5.50. The molecule has 0 spiro atoms. The van der Waals surface area contributed by atoms with Gasteiger partial charge in [-0.2, -0.15) is 0 Å². The van der Waals surface area contributed by atoms with Crippen molar-refractivity contribution in [3.63, 3.8) is 0 Å². The summed E-state index contributed by atoms with van der Waals surface area (Å²) in [6.45, 7) is 3.65. The van der Waals surface area contributed by atoms with E-state index in [2.05, 4.69) is 10.6 Å². The van der Waals surface area contributed by atoms with E-state index in [1.54, 1.807) is 6.07 Å². The first-order valence-corrected chi connectivity index (χ1v) is 4.42. The van der Waals surface area contributed by atoms with E-state index < -0.39 is 0 Å². The molecule has 0 aromatic heterocycles. The molecule has 0 bridgehead atoms. The quantitative estimate of drug-likeness (QED) is 0.612. The number of phenols is 1. The predicted octanol–water partition coefficient (Wildman–Crippen LogP) is 1.33. The standard InChI is InChI=1S/C10H16N2O/c1-8-3-4-9(7-10(8)13)12-6-5-11-2/h3-4,7,11-13H,5-6H2,1-2H3. The topological polar surface area (TPSA) is 44.3 Å². The third-order valence-electron chi connectivity index (χ3n) is 1.91. The molecule has 0 aliphatic rings. The average Bonchev–Trinajstić information content (AvgIpc) is 2.12. The number of aryl methyl sites for hydroxylation is 1. The summed E-state index contributed by atoms with van der Waals surface area (Å²) in [5, 5.41) is 15.6. The molecule has 3 heteroatoms. The number of rotatable bonds is 4. The van der Waals surface area contributed by atoms with Gasteiger partial charge in [0.15, 0.2) is 0 Å². The van der Waals surface area contributed by atoms with Crippen LogP contribution in [0.25, 0.3) is 0 Å². The number of nitrogens with one attached hydrogen (secondary N) is 2. The normalized spacial score (nSPS) is 10.0. The molecule has 1 aromatic carbocycles. The van der Waals surface area contributed by atoms with Crippen LogP contribution in [-0.2, 0) is 0 Å². The van der Waals surface area contributed by atoms with Gasteiger partial charge in [0.2, 0.25) is 0 Å². The summed E-state index contributed by atoms with van der Waals surface area (Å²) < 4.78 is 0. The van der Waals surface area contributed by atoms with Crippen LogP contribution in [0, 0.1) is 6.92 Å². The van der Waals surface area contributed by atoms with Crippen LogP contribution in [0.4, 0.5) is 5.69 Å². The Balaban J connectivity index is 2.53. The molecule has 0 radical (unpaired) electrons. The summed E-state index contributed by atoms with van der Waals surface area (Å²) in [6, 6.07) is 5.60. The first-order valence-electron chi connectivity index (χ1n) is 4.42. The fourth-order valence-electron chi connectivity index (χ4n) is 1.05. The molecule has 72 valence electrons. The molecule has 0 fully saturated rings. The maximum atomic E-state index is 9.40. The maximum absolute atomic E-state index is 9.40. The van der Waals surface area contributed by atoms with Crippen molar-refractivity contribution >= 4 is 5.69 Å². The third kappa shape index (κ3) is 2.95. The summed E-state index contributed by atoms with van der Waals surface area (Å²) in [4.78, 5) is 0. The van der Waals surface area contributed by atoms with Gasteiger partial charge in [-0.1, -0.05) is 6.07 Å². The third-order valence-corrected chi connectivity index (χ3v) is 1.91. The van der Waals surface area contributed by atoms with Crippen LogP contribution in [0.1, 0.15) is 5.56 Å². The second-order valence-corrected chi connectivity index (χ2v) is 3.03. The van der Waals surface area contributed by atoms with Gasteiger partial charge in [-0.25, -0.2) is 0 Å². The molecule has 0 unspecified atom stereocenters. The van der Waals surface area contributed by atoms with Crippen molar-refractivity contribution in [3.05, 3.63) is 23.8 Å². The average molecular weight is 180 g/mol. The Kier molecular flexibility index (Phi) is 3.58. The van der Waals surface area contributed by atoms with Crippen molar-refractivity contribution in [1.29, 1.82) is 0 Å². The van der Waals surface area contributed by atoms with Crippen LogP contribution in [0.15, 0.2) is 18.2 Å². The minimum Gasteiger partial charge on any atom is -0.508 e. The Morgan fingerprint density at radius 3 is 2.69 bits per heavy atom. The number of hydrogen-bond donors (Lipinski definition) is 3. The summed E-state index contributed by atoms with van der Waals surface area (Å²) in [7, 11) is 1.91. The minimum absolute atomic E-state index is 0.342. The van der Waals surface area contributed by atoms with Gasteiger partial charge in [0, 0.05) is 24.8 Å². The van der Waals surface area contributed by atoms with E-state index in [4.69, 9.17) is 0 Å². The summed E-state index contributed by atoms with van der Waals surface area (Å²) in [5.41, 5.74) is 1.86. The van der Waals surface area contributed by atoms with Crippen LogP contribution in [-0.4, -0.2) is 25.2 Å². The summed E-state index contributed by atoms with van der Waals surface area (Å²) in [6.07, 6.45) is 0. The van der Waals surface area contributed by atoms with E-state index >= 15 is 0 Å². The molecule has 1 aromatic rings. The number of aromatic hydroxyl groups is 1. The molecule has 0 atom stereocenters. The zero-order chi connectivity index (χ0) is 9.68. The molecule has 0 aliphatic carbocycles. The van der Waals surface area contributed by atoms with Crippen molar-refractivity contribution in [2.24, 2.45) is 0 Å². The number of likely N-dealkylation sites (N-methyl/N-ethyl adjacent to an activating group) is 1. The van der Waals surface area contributed by atoms with Crippen LogP contribution in [0.3, 0.4) is 0 Å². The van der Waals surface area contributed by atoms with E-state index in [0.29, 0.717) is 5.75 Å². The second-order valence-electron chi connectivity index (χ2n) is 3.03. The van der Waals surface area contributed by atoms with E-state index in [1.807, 2.05) is 26.1 Å². The van der Waals surface area contributed by atoms with Crippen LogP contribution >= 0.6 is 0 Å². The molecular formula is C10H16N2O. The Morgan fingerprint density at radius 2 is 2.08 bits per heavy atom. The Morgan fingerprint density at radius 1 is 1.31 bits per heavy atom. The van der Waals surface area contributed by atoms with Gasteiger partial charge in [0.1, 0.15) is 5.75 Å². The lowest BCUT2D eigenvalue weighted by atomic mass is 10.2. The van der Waals surface area contributed by atoms with Crippen molar-refractivity contribution in [2.75, 3.05) is 25.5 Å². The largest absolute Gasteiger partial charge is 0.508 e. The summed E-state index contributed by atoms with van der Waals surface area (Å²) >= 11 is 0. The van der Waals surface area contributed by atoms with Crippen molar-refractivity contribution in [2.45, 2.75) is 6.92 Å². The van der Waals surface area contributed by atoms with Gasteiger partial charge < -0.3 is 15.7 Å². The Bertz CT molecular complexity index is 274. The van der Waals surface area contributed by atoms with E-state index in [-0.39, 0.29) is 0 Å². The van der Waals surface area contributed by atoms with Gasteiger partial charge in [0.25, 0.3) is 0 Å². The molecule has 0 amide bonds. The highest BCUT2D eigenvalue weighted by Gasteiger charge is 1.96. The number of hydrogen-bond acceptors (Lipinski definition) is 3. The molecule has 0 heterocycles. The second kappa shape index (κ2) is 4.72. The van der Waals surface area contributed by atoms with Gasteiger partial charge in [-0.05, 0) is 25.6 Å². The lowest BCUT2D eigenvalue weighted by Crippen LogP contribution is -2.17. The molecular weight excluding hydrogens is 164 g/mol. The van der Waals surface area contributed by atoms with E-state index in [0.717, 1.165) is 24.3 Å². The first-order chi connectivity index (χ1) is 6.24. The van der Waals surface area contributed by atoms with E-state index in [9.17, 15) is 5.11 Å².